The molecule has 3 heterocycles. The predicted octanol–water partition coefficient (Wildman–Crippen LogP) is -0.471. The predicted molar refractivity (Wildman–Crippen MR) is 46.6 cm³/mol. The topological polar surface area (TPSA) is 67.8 Å². The maximum absolute atomic E-state index is 11.4. The second-order valence-corrected chi connectivity index (χ2v) is 3.54. The van der Waals surface area contributed by atoms with Crippen molar-refractivity contribution in [2.24, 2.45) is 4.99 Å². The maximum atomic E-state index is 11.4. The molecule has 0 saturated heterocycles. The highest BCUT2D eigenvalue weighted by Gasteiger charge is 2.47. The highest BCUT2D eigenvalue weighted by molar-refractivity contribution is 6.19. The fraction of sp³-hybridized carbons (Fsp3) is 0.444. The third-order valence-electron chi connectivity index (χ3n) is 2.69. The number of fused-ring (bicyclic) bond motifs is 2. The van der Waals surface area contributed by atoms with Crippen LogP contribution in [-0.4, -0.2) is 30.2 Å². The Morgan fingerprint density at radius 1 is 1.43 bits per heavy atom. The van der Waals surface area contributed by atoms with Crippen LogP contribution in [0.5, 0.6) is 0 Å². The molecule has 3 rings (SSSR count). The quantitative estimate of drug-likeness (QED) is 0.527. The summed E-state index contributed by atoms with van der Waals surface area (Å²) in [6, 6.07) is -0.259. The molecule has 2 unspecified atom stereocenters. The van der Waals surface area contributed by atoms with Crippen molar-refractivity contribution < 1.29 is 14.3 Å². The average Bonchev–Trinajstić information content (AvgIpc) is 2.66. The molecule has 3 aliphatic rings. The number of hydrogen-bond acceptors (Lipinski definition) is 4. The molecule has 2 atom stereocenters. The summed E-state index contributed by atoms with van der Waals surface area (Å²) >= 11 is 0. The Morgan fingerprint density at radius 2 is 2.29 bits per heavy atom. The Balaban J connectivity index is 2.06. The summed E-state index contributed by atoms with van der Waals surface area (Å²) in [5.41, 5.74) is 0.413. The lowest BCUT2D eigenvalue weighted by Crippen LogP contribution is -2.35. The van der Waals surface area contributed by atoms with Crippen LogP contribution in [0.15, 0.2) is 16.3 Å². The van der Waals surface area contributed by atoms with Crippen molar-refractivity contribution in [3.8, 4) is 0 Å². The number of aliphatic imine (C=N–C) groups is 1. The van der Waals surface area contributed by atoms with Gasteiger partial charge in [0.2, 0.25) is 0 Å². The first-order valence-electron chi connectivity index (χ1n) is 4.55. The molecule has 72 valence electrons. The Kier molecular flexibility index (Phi) is 1.34. The van der Waals surface area contributed by atoms with Gasteiger partial charge in [0.1, 0.15) is 12.1 Å². The number of nitrogens with one attached hydrogen (secondary N) is 1. The Labute approximate surface area is 79.8 Å². The molecule has 0 aromatic rings. The van der Waals surface area contributed by atoms with E-state index in [2.05, 4.69) is 10.3 Å². The molecule has 5 nitrogen and oxygen atoms in total. The zero-order valence-corrected chi connectivity index (χ0v) is 7.32. The highest BCUT2D eigenvalue weighted by Crippen LogP contribution is 2.35. The van der Waals surface area contributed by atoms with E-state index in [1.807, 2.05) is 0 Å². The van der Waals surface area contributed by atoms with E-state index in [0.29, 0.717) is 5.57 Å². The van der Waals surface area contributed by atoms with Gasteiger partial charge in [0.15, 0.2) is 5.76 Å². The van der Waals surface area contributed by atoms with Crippen LogP contribution in [0.2, 0.25) is 0 Å². The van der Waals surface area contributed by atoms with Gasteiger partial charge in [-0.25, -0.2) is 0 Å². The summed E-state index contributed by atoms with van der Waals surface area (Å²) in [6.07, 6.45) is 3.34. The SMILES string of the molecule is O=C1NC(=O)C2=C1OC1CCC=NC21. The molecule has 5 heteroatoms. The van der Waals surface area contributed by atoms with E-state index in [1.165, 1.54) is 0 Å². The van der Waals surface area contributed by atoms with Gasteiger partial charge in [-0.2, -0.15) is 0 Å². The number of rotatable bonds is 0. The number of carbonyl (C=O) groups excluding carboxylic acids is 2. The molecule has 0 bridgehead atoms. The molecular formula is C9H8N2O3. The van der Waals surface area contributed by atoms with Crippen LogP contribution in [0.25, 0.3) is 0 Å². The van der Waals surface area contributed by atoms with E-state index in [1.54, 1.807) is 6.21 Å². The number of carbonyl (C=O) groups is 2. The van der Waals surface area contributed by atoms with Gasteiger partial charge in [0.05, 0.1) is 5.57 Å². The fourth-order valence-corrected chi connectivity index (χ4v) is 2.05. The lowest BCUT2D eigenvalue weighted by molar-refractivity contribution is -0.126. The monoisotopic (exact) mass is 192 g/mol. The Morgan fingerprint density at radius 3 is 3.14 bits per heavy atom. The summed E-state index contributed by atoms with van der Waals surface area (Å²) in [5.74, 6) is -0.588. The van der Waals surface area contributed by atoms with Gasteiger partial charge < -0.3 is 4.74 Å². The summed E-state index contributed by atoms with van der Waals surface area (Å²) in [4.78, 5) is 26.8. The van der Waals surface area contributed by atoms with Crippen LogP contribution in [0.3, 0.4) is 0 Å². The van der Waals surface area contributed by atoms with Crippen molar-refractivity contribution in [3.63, 3.8) is 0 Å². The average molecular weight is 192 g/mol. The molecule has 0 aromatic carbocycles. The third-order valence-corrected chi connectivity index (χ3v) is 2.69. The van der Waals surface area contributed by atoms with E-state index in [9.17, 15) is 9.59 Å². The smallest absolute Gasteiger partial charge is 0.293 e. The molecule has 3 aliphatic heterocycles. The largest absolute Gasteiger partial charge is 0.482 e. The highest BCUT2D eigenvalue weighted by atomic mass is 16.5. The van der Waals surface area contributed by atoms with Gasteiger partial charge in [0, 0.05) is 0 Å². The van der Waals surface area contributed by atoms with Crippen molar-refractivity contribution in [2.45, 2.75) is 25.0 Å². The molecule has 0 fully saturated rings. The van der Waals surface area contributed by atoms with Crippen molar-refractivity contribution in [3.05, 3.63) is 11.3 Å². The molecule has 0 aromatic heterocycles. The number of hydrogen-bond donors (Lipinski definition) is 1. The number of nitrogens with zero attached hydrogens (tertiary/aromatic N) is 1. The first-order chi connectivity index (χ1) is 6.77. The zero-order chi connectivity index (χ0) is 9.71. The summed E-state index contributed by atoms with van der Waals surface area (Å²) in [5, 5.41) is 2.20. The van der Waals surface area contributed by atoms with Crippen LogP contribution in [-0.2, 0) is 14.3 Å². The first-order valence-corrected chi connectivity index (χ1v) is 4.55. The second-order valence-electron chi connectivity index (χ2n) is 3.54. The van der Waals surface area contributed by atoms with E-state index < -0.39 is 5.91 Å². The van der Waals surface area contributed by atoms with Crippen molar-refractivity contribution >= 4 is 18.0 Å². The molecule has 0 saturated carbocycles. The van der Waals surface area contributed by atoms with Gasteiger partial charge >= 0.3 is 0 Å². The van der Waals surface area contributed by atoms with Crippen molar-refractivity contribution in [1.82, 2.24) is 5.32 Å². The maximum Gasteiger partial charge on any atom is 0.293 e. The van der Waals surface area contributed by atoms with Crippen LogP contribution < -0.4 is 5.32 Å². The molecule has 2 amide bonds. The van der Waals surface area contributed by atoms with Crippen molar-refractivity contribution in [1.29, 1.82) is 0 Å². The fourth-order valence-electron chi connectivity index (χ4n) is 2.05. The Hall–Kier alpha value is -1.65. The van der Waals surface area contributed by atoms with Gasteiger partial charge in [-0.05, 0) is 19.1 Å². The minimum Gasteiger partial charge on any atom is -0.482 e. The molecule has 1 N–H and O–H groups in total. The number of imide groups is 1. The van der Waals surface area contributed by atoms with Crippen LogP contribution >= 0.6 is 0 Å². The molecule has 0 aliphatic carbocycles. The molecule has 14 heavy (non-hydrogen) atoms. The Bertz CT molecular complexity index is 397. The molecular weight excluding hydrogens is 184 g/mol. The number of ether oxygens (including phenoxy) is 1. The van der Waals surface area contributed by atoms with Gasteiger partial charge in [-0.3, -0.25) is 19.9 Å². The normalized spacial score (nSPS) is 34.0. The molecule has 0 spiro atoms. The summed E-state index contributed by atoms with van der Waals surface area (Å²) in [7, 11) is 0. The van der Waals surface area contributed by atoms with Gasteiger partial charge in [-0.15, -0.1) is 0 Å². The van der Waals surface area contributed by atoms with Crippen LogP contribution in [0.4, 0.5) is 0 Å². The minimum absolute atomic E-state index is 0.111. The van der Waals surface area contributed by atoms with E-state index in [0.717, 1.165) is 12.8 Å². The number of amides is 2. The minimum atomic E-state index is -0.422. The van der Waals surface area contributed by atoms with E-state index in [4.69, 9.17) is 4.74 Å². The lowest BCUT2D eigenvalue weighted by atomic mass is 9.99. The van der Waals surface area contributed by atoms with Crippen LogP contribution in [0.1, 0.15) is 12.8 Å². The third kappa shape index (κ3) is 0.814. The van der Waals surface area contributed by atoms with Gasteiger partial charge in [-0.1, -0.05) is 0 Å². The van der Waals surface area contributed by atoms with Gasteiger partial charge in [0.25, 0.3) is 11.8 Å². The summed E-state index contributed by atoms with van der Waals surface area (Å²) < 4.78 is 5.40. The summed E-state index contributed by atoms with van der Waals surface area (Å²) in [6.45, 7) is 0. The van der Waals surface area contributed by atoms with E-state index >= 15 is 0 Å². The lowest BCUT2D eigenvalue weighted by Gasteiger charge is -2.20. The standard InChI is InChI=1S/C9H8N2O3/c12-8-5-6-4(2-1-3-10-6)14-7(5)9(13)11-8/h3-4,6H,1-2H2,(H,11,12,13). The second kappa shape index (κ2) is 2.43. The van der Waals surface area contributed by atoms with E-state index in [-0.39, 0.29) is 23.8 Å². The van der Waals surface area contributed by atoms with Crippen molar-refractivity contribution in [2.75, 3.05) is 0 Å². The molecule has 0 radical (unpaired) electrons. The first kappa shape index (κ1) is 7.73. The van der Waals surface area contributed by atoms with Crippen LogP contribution in [0, 0.1) is 0 Å². The zero-order valence-electron chi connectivity index (χ0n) is 7.32.